The largest absolute Gasteiger partial charge is 0.248 e. The standard InChI is InChI=1S/C17H17N.2C2H6/c1-17(2,3)16-12-8-4-6-10-14(12)18-15-11-7-5-9-13(15)16;2*1-2/h4-11H,1-3H3;2*1-2H3. The molecule has 0 saturated carbocycles. The van der Waals surface area contributed by atoms with Crippen molar-refractivity contribution in [1.29, 1.82) is 0 Å². The molecule has 0 aliphatic rings. The number of para-hydroxylation sites is 2. The Balaban J connectivity index is 0.000000561. The van der Waals surface area contributed by atoms with Crippen LogP contribution in [0.5, 0.6) is 0 Å². The van der Waals surface area contributed by atoms with Gasteiger partial charge in [0.2, 0.25) is 0 Å². The number of rotatable bonds is 0. The highest BCUT2D eigenvalue weighted by Gasteiger charge is 2.20. The van der Waals surface area contributed by atoms with Crippen molar-refractivity contribution in [3.63, 3.8) is 0 Å². The Morgan fingerprint density at radius 2 is 1.00 bits per heavy atom. The molecular formula is C21H29N. The second-order valence-corrected chi connectivity index (χ2v) is 5.77. The second kappa shape index (κ2) is 7.93. The summed E-state index contributed by atoms with van der Waals surface area (Å²) in [6.07, 6.45) is 0. The van der Waals surface area contributed by atoms with E-state index in [1.54, 1.807) is 0 Å². The minimum Gasteiger partial charge on any atom is -0.248 e. The summed E-state index contributed by atoms with van der Waals surface area (Å²) in [5.41, 5.74) is 3.67. The Hall–Kier alpha value is -1.89. The van der Waals surface area contributed by atoms with Gasteiger partial charge in [-0.3, -0.25) is 0 Å². The van der Waals surface area contributed by atoms with E-state index in [9.17, 15) is 0 Å². The lowest BCUT2D eigenvalue weighted by molar-refractivity contribution is 0.601. The predicted octanol–water partition coefficient (Wildman–Crippen LogP) is 6.74. The minimum absolute atomic E-state index is 0.113. The van der Waals surface area contributed by atoms with Gasteiger partial charge in [-0.15, -0.1) is 0 Å². The van der Waals surface area contributed by atoms with E-state index >= 15 is 0 Å². The summed E-state index contributed by atoms with van der Waals surface area (Å²) < 4.78 is 0. The molecule has 1 heterocycles. The van der Waals surface area contributed by atoms with Gasteiger partial charge < -0.3 is 0 Å². The molecule has 22 heavy (non-hydrogen) atoms. The quantitative estimate of drug-likeness (QED) is 0.418. The van der Waals surface area contributed by atoms with Crippen molar-refractivity contribution < 1.29 is 0 Å². The number of fused-ring (bicyclic) bond motifs is 2. The number of pyridine rings is 1. The van der Waals surface area contributed by atoms with Crippen molar-refractivity contribution in [3.8, 4) is 0 Å². The molecule has 3 aromatic rings. The van der Waals surface area contributed by atoms with E-state index in [2.05, 4.69) is 69.3 Å². The number of benzene rings is 2. The summed E-state index contributed by atoms with van der Waals surface area (Å²) in [6, 6.07) is 16.8. The topological polar surface area (TPSA) is 12.9 Å². The zero-order valence-electron chi connectivity index (χ0n) is 15.1. The molecule has 0 saturated heterocycles. The molecule has 118 valence electrons. The van der Waals surface area contributed by atoms with Crippen LogP contribution >= 0.6 is 0 Å². The van der Waals surface area contributed by atoms with Crippen LogP contribution in [0.25, 0.3) is 21.8 Å². The molecule has 0 unspecified atom stereocenters. The van der Waals surface area contributed by atoms with Crippen LogP contribution in [-0.2, 0) is 5.41 Å². The number of nitrogens with zero attached hydrogens (tertiary/aromatic N) is 1. The Kier molecular flexibility index (Phi) is 6.55. The number of hydrogen-bond acceptors (Lipinski definition) is 1. The second-order valence-electron chi connectivity index (χ2n) is 5.77. The molecule has 2 aromatic carbocycles. The van der Waals surface area contributed by atoms with E-state index in [1.165, 1.54) is 16.3 Å². The summed E-state index contributed by atoms with van der Waals surface area (Å²) in [5.74, 6) is 0. The first-order valence-corrected chi connectivity index (χ1v) is 8.35. The van der Waals surface area contributed by atoms with Gasteiger partial charge in [-0.05, 0) is 23.1 Å². The van der Waals surface area contributed by atoms with Crippen LogP contribution in [0.15, 0.2) is 48.5 Å². The van der Waals surface area contributed by atoms with Gasteiger partial charge in [0.25, 0.3) is 0 Å². The zero-order chi connectivity index (χ0) is 16.8. The molecule has 0 atom stereocenters. The molecule has 0 aliphatic heterocycles. The van der Waals surface area contributed by atoms with Crippen LogP contribution in [0.4, 0.5) is 0 Å². The maximum atomic E-state index is 4.75. The number of aromatic nitrogens is 1. The van der Waals surface area contributed by atoms with Gasteiger partial charge in [0.15, 0.2) is 0 Å². The average molecular weight is 295 g/mol. The highest BCUT2D eigenvalue weighted by molar-refractivity contribution is 5.98. The van der Waals surface area contributed by atoms with Crippen LogP contribution in [0.2, 0.25) is 0 Å². The van der Waals surface area contributed by atoms with E-state index in [4.69, 9.17) is 4.98 Å². The summed E-state index contributed by atoms with van der Waals surface area (Å²) in [5, 5.41) is 2.53. The molecule has 1 nitrogen and oxygen atoms in total. The lowest BCUT2D eigenvalue weighted by Crippen LogP contribution is -2.13. The number of hydrogen-bond donors (Lipinski definition) is 0. The van der Waals surface area contributed by atoms with Crippen molar-refractivity contribution >= 4 is 21.8 Å². The first kappa shape index (κ1) is 18.2. The highest BCUT2D eigenvalue weighted by Crippen LogP contribution is 2.34. The molecule has 1 heteroatoms. The van der Waals surface area contributed by atoms with Gasteiger partial charge >= 0.3 is 0 Å². The summed E-state index contributed by atoms with van der Waals surface area (Å²) in [6.45, 7) is 14.8. The SMILES string of the molecule is CC.CC.CC(C)(C)c1c2ccccc2nc2ccccc12. The van der Waals surface area contributed by atoms with Crippen molar-refractivity contribution in [2.75, 3.05) is 0 Å². The van der Waals surface area contributed by atoms with Gasteiger partial charge in [0.05, 0.1) is 11.0 Å². The molecule has 0 N–H and O–H groups in total. The normalized spacial score (nSPS) is 10.5. The van der Waals surface area contributed by atoms with E-state index in [-0.39, 0.29) is 5.41 Å². The van der Waals surface area contributed by atoms with Crippen LogP contribution in [0.3, 0.4) is 0 Å². The summed E-state index contributed by atoms with van der Waals surface area (Å²) in [7, 11) is 0. The molecule has 0 amide bonds. The molecule has 0 fully saturated rings. The molecule has 0 radical (unpaired) electrons. The minimum atomic E-state index is 0.113. The average Bonchev–Trinajstić information content (AvgIpc) is 2.55. The van der Waals surface area contributed by atoms with E-state index in [1.807, 2.05) is 27.7 Å². The summed E-state index contributed by atoms with van der Waals surface area (Å²) in [4.78, 5) is 4.75. The fourth-order valence-corrected chi connectivity index (χ4v) is 2.65. The first-order chi connectivity index (χ1) is 10.6. The third kappa shape index (κ3) is 3.65. The van der Waals surface area contributed by atoms with Crippen LogP contribution in [0.1, 0.15) is 54.0 Å². The Morgan fingerprint density at radius 1 is 0.636 bits per heavy atom. The monoisotopic (exact) mass is 295 g/mol. The first-order valence-electron chi connectivity index (χ1n) is 8.35. The molecule has 3 rings (SSSR count). The van der Waals surface area contributed by atoms with Crippen molar-refractivity contribution in [2.45, 2.75) is 53.9 Å². The zero-order valence-corrected chi connectivity index (χ0v) is 15.1. The van der Waals surface area contributed by atoms with Crippen LogP contribution in [-0.4, -0.2) is 4.98 Å². The highest BCUT2D eigenvalue weighted by atomic mass is 14.7. The smallest absolute Gasteiger partial charge is 0.0712 e. The van der Waals surface area contributed by atoms with E-state index in [0.717, 1.165) is 11.0 Å². The van der Waals surface area contributed by atoms with Gasteiger partial charge in [0, 0.05) is 10.8 Å². The maximum absolute atomic E-state index is 4.75. The van der Waals surface area contributed by atoms with Gasteiger partial charge in [-0.25, -0.2) is 4.98 Å². The molecular weight excluding hydrogens is 266 g/mol. The third-order valence-corrected chi connectivity index (χ3v) is 3.34. The maximum Gasteiger partial charge on any atom is 0.0712 e. The summed E-state index contributed by atoms with van der Waals surface area (Å²) >= 11 is 0. The lowest BCUT2D eigenvalue weighted by Gasteiger charge is -2.23. The lowest BCUT2D eigenvalue weighted by atomic mass is 9.82. The van der Waals surface area contributed by atoms with Crippen molar-refractivity contribution in [3.05, 3.63) is 54.1 Å². The Labute approximate surface area is 135 Å². The van der Waals surface area contributed by atoms with E-state index in [0.29, 0.717) is 0 Å². The Bertz CT molecular complexity index is 667. The predicted molar refractivity (Wildman–Crippen MR) is 101 cm³/mol. The van der Waals surface area contributed by atoms with Crippen LogP contribution < -0.4 is 0 Å². The molecule has 0 bridgehead atoms. The fourth-order valence-electron chi connectivity index (χ4n) is 2.65. The molecule has 1 aromatic heterocycles. The van der Waals surface area contributed by atoms with Crippen molar-refractivity contribution in [1.82, 2.24) is 4.98 Å². The van der Waals surface area contributed by atoms with Crippen LogP contribution in [0, 0.1) is 0 Å². The Morgan fingerprint density at radius 3 is 1.36 bits per heavy atom. The fraction of sp³-hybridized carbons (Fsp3) is 0.381. The molecule has 0 spiro atoms. The van der Waals surface area contributed by atoms with Crippen molar-refractivity contribution in [2.24, 2.45) is 0 Å². The van der Waals surface area contributed by atoms with E-state index < -0.39 is 0 Å². The molecule has 0 aliphatic carbocycles. The third-order valence-electron chi connectivity index (χ3n) is 3.34. The van der Waals surface area contributed by atoms with Gasteiger partial charge in [-0.1, -0.05) is 84.9 Å². The van der Waals surface area contributed by atoms with Gasteiger partial charge in [-0.2, -0.15) is 0 Å². The van der Waals surface area contributed by atoms with Gasteiger partial charge in [0.1, 0.15) is 0 Å².